The van der Waals surface area contributed by atoms with Crippen LogP contribution in [0.3, 0.4) is 0 Å². The number of carboxylic acid groups (broad SMARTS) is 1. The molecule has 0 unspecified atom stereocenters. The molecule has 0 aliphatic rings. The van der Waals surface area contributed by atoms with Crippen molar-refractivity contribution >= 4 is 5.97 Å². The molecule has 22 heavy (non-hydrogen) atoms. The Hall–Kier alpha value is -2.40. The van der Waals surface area contributed by atoms with Crippen molar-refractivity contribution in [3.63, 3.8) is 0 Å². The van der Waals surface area contributed by atoms with Gasteiger partial charge in [0.2, 0.25) is 5.88 Å². The van der Waals surface area contributed by atoms with Gasteiger partial charge in [0, 0.05) is 24.4 Å². The topological polar surface area (TPSA) is 62.7 Å². The first-order chi connectivity index (χ1) is 10.6. The van der Waals surface area contributed by atoms with Crippen molar-refractivity contribution in [3.05, 3.63) is 48.2 Å². The molecule has 0 aliphatic heterocycles. The Morgan fingerprint density at radius 3 is 2.36 bits per heavy atom. The Kier molecular flexibility index (Phi) is 5.49. The van der Waals surface area contributed by atoms with Crippen LogP contribution in [-0.4, -0.2) is 48.2 Å². The van der Waals surface area contributed by atoms with E-state index in [0.717, 1.165) is 24.1 Å². The molecule has 116 valence electrons. The highest BCUT2D eigenvalue weighted by Crippen LogP contribution is 2.21. The average molecular weight is 300 g/mol. The van der Waals surface area contributed by atoms with Gasteiger partial charge < -0.3 is 14.7 Å². The second-order valence-corrected chi connectivity index (χ2v) is 5.27. The molecule has 0 aliphatic carbocycles. The number of rotatable bonds is 7. The quantitative estimate of drug-likeness (QED) is 0.797. The summed E-state index contributed by atoms with van der Waals surface area (Å²) in [6.45, 7) is 1.62. The van der Waals surface area contributed by atoms with E-state index in [4.69, 9.17) is 9.84 Å². The van der Waals surface area contributed by atoms with Gasteiger partial charge in [0.25, 0.3) is 0 Å². The lowest BCUT2D eigenvalue weighted by atomic mass is 10.1. The van der Waals surface area contributed by atoms with Crippen molar-refractivity contribution in [2.45, 2.75) is 6.42 Å². The van der Waals surface area contributed by atoms with Gasteiger partial charge in [-0.05, 0) is 44.3 Å². The predicted octanol–water partition coefficient (Wildman–Crippen LogP) is 2.78. The Bertz CT molecular complexity index is 607. The minimum atomic E-state index is -0.925. The second-order valence-electron chi connectivity index (χ2n) is 5.27. The van der Waals surface area contributed by atoms with E-state index >= 15 is 0 Å². The van der Waals surface area contributed by atoms with Crippen LogP contribution in [-0.2, 0) is 0 Å². The highest BCUT2D eigenvalue weighted by molar-refractivity contribution is 5.88. The van der Waals surface area contributed by atoms with Crippen LogP contribution < -0.4 is 4.74 Å². The summed E-state index contributed by atoms with van der Waals surface area (Å²) >= 11 is 0. The highest BCUT2D eigenvalue weighted by Gasteiger charge is 2.04. The number of hydrogen-bond donors (Lipinski definition) is 1. The molecule has 0 fully saturated rings. The Morgan fingerprint density at radius 2 is 1.82 bits per heavy atom. The van der Waals surface area contributed by atoms with E-state index in [1.807, 2.05) is 26.2 Å². The van der Waals surface area contributed by atoms with Gasteiger partial charge in [-0.15, -0.1) is 0 Å². The van der Waals surface area contributed by atoms with Gasteiger partial charge in [0.1, 0.15) is 0 Å². The van der Waals surface area contributed by atoms with Crippen LogP contribution >= 0.6 is 0 Å². The van der Waals surface area contributed by atoms with E-state index in [2.05, 4.69) is 9.88 Å². The van der Waals surface area contributed by atoms with Gasteiger partial charge >= 0.3 is 5.97 Å². The van der Waals surface area contributed by atoms with Crippen LogP contribution in [0.4, 0.5) is 0 Å². The lowest BCUT2D eigenvalue weighted by Gasteiger charge is -2.10. The van der Waals surface area contributed by atoms with Gasteiger partial charge in [-0.25, -0.2) is 9.78 Å². The number of aromatic nitrogens is 1. The van der Waals surface area contributed by atoms with Gasteiger partial charge in [-0.3, -0.25) is 0 Å². The smallest absolute Gasteiger partial charge is 0.335 e. The Balaban J connectivity index is 1.95. The first-order valence-corrected chi connectivity index (χ1v) is 7.13. The summed E-state index contributed by atoms with van der Waals surface area (Å²) in [7, 11) is 4.06. The molecule has 0 spiro atoms. The van der Waals surface area contributed by atoms with Crippen LogP contribution in [0.5, 0.6) is 5.88 Å². The molecule has 0 atom stereocenters. The number of carbonyl (C=O) groups is 1. The van der Waals surface area contributed by atoms with Crippen molar-refractivity contribution in [3.8, 4) is 17.0 Å². The molecule has 1 N–H and O–H groups in total. The lowest BCUT2D eigenvalue weighted by Crippen LogP contribution is -2.15. The number of hydrogen-bond acceptors (Lipinski definition) is 4. The maximum Gasteiger partial charge on any atom is 0.335 e. The van der Waals surface area contributed by atoms with Crippen molar-refractivity contribution < 1.29 is 14.6 Å². The van der Waals surface area contributed by atoms with E-state index in [1.165, 1.54) is 0 Å². The SMILES string of the molecule is CN(C)CCCOc1ccc(-c2ccc(C(=O)O)cc2)cn1. The number of benzene rings is 1. The summed E-state index contributed by atoms with van der Waals surface area (Å²) in [5.41, 5.74) is 2.13. The number of nitrogens with zero attached hydrogens (tertiary/aromatic N) is 2. The average Bonchev–Trinajstić information content (AvgIpc) is 2.52. The number of pyridine rings is 1. The van der Waals surface area contributed by atoms with E-state index in [9.17, 15) is 4.79 Å². The van der Waals surface area contributed by atoms with Crippen LogP contribution in [0.2, 0.25) is 0 Å². The van der Waals surface area contributed by atoms with Crippen LogP contribution in [0.1, 0.15) is 16.8 Å². The lowest BCUT2D eigenvalue weighted by molar-refractivity contribution is 0.0697. The minimum Gasteiger partial charge on any atom is -0.478 e. The third kappa shape index (κ3) is 4.56. The molecule has 5 nitrogen and oxygen atoms in total. The predicted molar refractivity (Wildman–Crippen MR) is 85.3 cm³/mol. The summed E-state index contributed by atoms with van der Waals surface area (Å²) in [5.74, 6) is -0.323. The van der Waals surface area contributed by atoms with Crippen LogP contribution in [0.25, 0.3) is 11.1 Å². The fraction of sp³-hybridized carbons (Fsp3) is 0.294. The molecule has 1 aromatic carbocycles. The molecule has 2 rings (SSSR count). The van der Waals surface area contributed by atoms with E-state index in [0.29, 0.717) is 12.5 Å². The summed E-state index contributed by atoms with van der Waals surface area (Å²) < 4.78 is 5.58. The molecule has 1 heterocycles. The van der Waals surface area contributed by atoms with E-state index < -0.39 is 5.97 Å². The standard InChI is InChI=1S/C17H20N2O3/c1-19(2)10-3-11-22-16-9-8-15(12-18-16)13-4-6-14(7-5-13)17(20)21/h4-9,12H,3,10-11H2,1-2H3,(H,20,21). The first kappa shape index (κ1) is 16.0. The van der Waals surface area contributed by atoms with Crippen LogP contribution in [0.15, 0.2) is 42.6 Å². The van der Waals surface area contributed by atoms with Crippen molar-refractivity contribution in [1.82, 2.24) is 9.88 Å². The Morgan fingerprint density at radius 1 is 1.14 bits per heavy atom. The second kappa shape index (κ2) is 7.56. The molecular formula is C17H20N2O3. The van der Waals surface area contributed by atoms with Crippen molar-refractivity contribution in [1.29, 1.82) is 0 Å². The van der Waals surface area contributed by atoms with E-state index in [1.54, 1.807) is 30.5 Å². The third-order valence-electron chi connectivity index (χ3n) is 3.20. The van der Waals surface area contributed by atoms with Crippen molar-refractivity contribution in [2.24, 2.45) is 0 Å². The van der Waals surface area contributed by atoms with Crippen LogP contribution in [0, 0.1) is 0 Å². The number of aromatic carboxylic acids is 1. The molecule has 0 amide bonds. The molecule has 0 radical (unpaired) electrons. The Labute approximate surface area is 130 Å². The number of carboxylic acids is 1. The largest absolute Gasteiger partial charge is 0.478 e. The van der Waals surface area contributed by atoms with Gasteiger partial charge in [-0.1, -0.05) is 12.1 Å². The molecule has 0 saturated carbocycles. The zero-order valence-corrected chi connectivity index (χ0v) is 12.8. The zero-order chi connectivity index (χ0) is 15.9. The minimum absolute atomic E-state index is 0.276. The van der Waals surface area contributed by atoms with Gasteiger partial charge in [0.05, 0.1) is 12.2 Å². The van der Waals surface area contributed by atoms with Gasteiger partial charge in [0.15, 0.2) is 0 Å². The molecular weight excluding hydrogens is 280 g/mol. The third-order valence-corrected chi connectivity index (χ3v) is 3.20. The molecule has 0 bridgehead atoms. The zero-order valence-electron chi connectivity index (χ0n) is 12.8. The summed E-state index contributed by atoms with van der Waals surface area (Å²) in [6, 6.07) is 10.5. The molecule has 5 heteroatoms. The maximum absolute atomic E-state index is 10.8. The highest BCUT2D eigenvalue weighted by atomic mass is 16.5. The molecule has 0 saturated heterocycles. The normalized spacial score (nSPS) is 10.7. The monoisotopic (exact) mass is 300 g/mol. The molecule has 2 aromatic rings. The number of ether oxygens (including phenoxy) is 1. The first-order valence-electron chi connectivity index (χ1n) is 7.13. The maximum atomic E-state index is 10.8. The fourth-order valence-corrected chi connectivity index (χ4v) is 2.00. The van der Waals surface area contributed by atoms with Gasteiger partial charge in [-0.2, -0.15) is 0 Å². The van der Waals surface area contributed by atoms with Crippen molar-refractivity contribution in [2.75, 3.05) is 27.2 Å². The summed E-state index contributed by atoms with van der Waals surface area (Å²) in [6.07, 6.45) is 2.68. The van der Waals surface area contributed by atoms with E-state index in [-0.39, 0.29) is 5.56 Å². The summed E-state index contributed by atoms with van der Waals surface area (Å²) in [4.78, 5) is 17.2. The molecule has 1 aromatic heterocycles. The summed E-state index contributed by atoms with van der Waals surface area (Å²) in [5, 5.41) is 8.89. The fourth-order valence-electron chi connectivity index (χ4n) is 2.00.